The predicted octanol–water partition coefficient (Wildman–Crippen LogP) is 1.98. The van der Waals surface area contributed by atoms with E-state index < -0.39 is 0 Å². The summed E-state index contributed by atoms with van der Waals surface area (Å²) in [7, 11) is 0. The second-order valence-corrected chi connectivity index (χ2v) is 3.61. The zero-order valence-corrected chi connectivity index (χ0v) is 9.20. The Hall–Kier alpha value is -1.06. The van der Waals surface area contributed by atoms with Crippen molar-refractivity contribution in [2.45, 2.75) is 12.8 Å². The van der Waals surface area contributed by atoms with E-state index in [4.69, 9.17) is 21.4 Å². The van der Waals surface area contributed by atoms with Gasteiger partial charge < -0.3 is 9.84 Å². The molecule has 0 aliphatic carbocycles. The third-order valence-electron chi connectivity index (χ3n) is 2.05. The van der Waals surface area contributed by atoms with Crippen LogP contribution < -0.4 is 0 Å². The van der Waals surface area contributed by atoms with Gasteiger partial charge in [-0.2, -0.15) is 0 Å². The summed E-state index contributed by atoms with van der Waals surface area (Å²) in [5.74, 6) is -0.622. The fourth-order valence-electron chi connectivity index (χ4n) is 1.26. The number of rotatable bonds is 4. The maximum atomic E-state index is 10.6. The first-order valence-electron chi connectivity index (χ1n) is 4.63. The molecule has 15 heavy (non-hydrogen) atoms. The lowest BCUT2D eigenvalue weighted by molar-refractivity contribution is -0.141. The van der Waals surface area contributed by atoms with Crippen LogP contribution in [0.1, 0.15) is 18.4 Å². The topological polar surface area (TPSA) is 46.5 Å². The maximum absolute atomic E-state index is 10.6. The summed E-state index contributed by atoms with van der Waals surface area (Å²) >= 11 is 5.96. The molecule has 1 N–H and O–H groups in total. The monoisotopic (exact) mass is 228 g/mol. The molecule has 0 radical (unpaired) electrons. The van der Waals surface area contributed by atoms with E-state index >= 15 is 0 Å². The molecule has 1 atom stereocenters. The highest BCUT2D eigenvalue weighted by Crippen LogP contribution is 2.24. The van der Waals surface area contributed by atoms with E-state index in [1.54, 1.807) is 6.07 Å². The van der Waals surface area contributed by atoms with E-state index in [0.717, 1.165) is 5.56 Å². The molecule has 0 amide bonds. The summed E-state index contributed by atoms with van der Waals surface area (Å²) in [6.07, 6.45) is 0. The van der Waals surface area contributed by atoms with Crippen molar-refractivity contribution in [2.75, 3.05) is 13.2 Å². The molecule has 0 spiro atoms. The fraction of sp³-hybridized carbons (Fsp3) is 0.364. The summed E-state index contributed by atoms with van der Waals surface area (Å²) < 4.78 is 4.85. The number of hydrogen-bond donors (Lipinski definition) is 1. The van der Waals surface area contributed by atoms with Crippen LogP contribution in [0, 0.1) is 0 Å². The third kappa shape index (κ3) is 3.53. The highest BCUT2D eigenvalue weighted by atomic mass is 35.5. The second-order valence-electron chi connectivity index (χ2n) is 3.20. The average Bonchev–Trinajstić information content (AvgIpc) is 2.21. The van der Waals surface area contributed by atoms with Gasteiger partial charge in [0, 0.05) is 17.9 Å². The van der Waals surface area contributed by atoms with E-state index in [9.17, 15) is 4.79 Å². The highest BCUT2D eigenvalue weighted by molar-refractivity contribution is 6.31. The van der Waals surface area contributed by atoms with Gasteiger partial charge in [-0.1, -0.05) is 29.8 Å². The van der Waals surface area contributed by atoms with Crippen LogP contribution in [0.3, 0.4) is 0 Å². The Balaban J connectivity index is 2.74. The van der Waals surface area contributed by atoms with Gasteiger partial charge in [0.1, 0.15) is 6.61 Å². The van der Waals surface area contributed by atoms with Gasteiger partial charge in [0.2, 0.25) is 0 Å². The SMILES string of the molecule is CC(=O)OCC(CO)c1ccccc1Cl. The number of aliphatic hydroxyl groups excluding tert-OH is 1. The van der Waals surface area contributed by atoms with Gasteiger partial charge in [-0.05, 0) is 11.6 Å². The molecule has 82 valence electrons. The van der Waals surface area contributed by atoms with Crippen LogP contribution in [-0.4, -0.2) is 24.3 Å². The minimum absolute atomic E-state index is 0.100. The molecule has 0 fully saturated rings. The molecule has 0 saturated heterocycles. The number of halogens is 1. The zero-order chi connectivity index (χ0) is 11.3. The van der Waals surface area contributed by atoms with E-state index in [0.29, 0.717) is 5.02 Å². The predicted molar refractivity (Wildman–Crippen MR) is 57.9 cm³/mol. The molecule has 1 rings (SSSR count). The molecular formula is C11H13ClO3. The number of esters is 1. The van der Waals surface area contributed by atoms with E-state index in [-0.39, 0.29) is 25.1 Å². The van der Waals surface area contributed by atoms with Crippen molar-refractivity contribution in [2.24, 2.45) is 0 Å². The molecule has 0 bridgehead atoms. The van der Waals surface area contributed by atoms with Crippen LogP contribution in [0.4, 0.5) is 0 Å². The van der Waals surface area contributed by atoms with Crippen molar-refractivity contribution in [3.63, 3.8) is 0 Å². The average molecular weight is 229 g/mol. The molecule has 0 aliphatic rings. The number of carbonyl (C=O) groups excluding carboxylic acids is 1. The van der Waals surface area contributed by atoms with Crippen LogP contribution in [0.5, 0.6) is 0 Å². The zero-order valence-electron chi connectivity index (χ0n) is 8.44. The first-order valence-corrected chi connectivity index (χ1v) is 5.01. The smallest absolute Gasteiger partial charge is 0.302 e. The van der Waals surface area contributed by atoms with Crippen molar-refractivity contribution in [1.82, 2.24) is 0 Å². The molecule has 0 aromatic heterocycles. The summed E-state index contributed by atoms with van der Waals surface area (Å²) in [6.45, 7) is 1.38. The van der Waals surface area contributed by atoms with Crippen LogP contribution in [0.25, 0.3) is 0 Å². The van der Waals surface area contributed by atoms with Crippen LogP contribution in [0.2, 0.25) is 5.02 Å². The summed E-state index contributed by atoms with van der Waals surface area (Å²) in [5.41, 5.74) is 0.794. The molecule has 3 nitrogen and oxygen atoms in total. The van der Waals surface area contributed by atoms with Crippen molar-refractivity contribution >= 4 is 17.6 Å². The van der Waals surface area contributed by atoms with Crippen molar-refractivity contribution in [3.05, 3.63) is 34.9 Å². The van der Waals surface area contributed by atoms with Crippen molar-refractivity contribution in [3.8, 4) is 0 Å². The molecule has 4 heteroatoms. The van der Waals surface area contributed by atoms with E-state index in [1.807, 2.05) is 18.2 Å². The van der Waals surface area contributed by atoms with Crippen molar-refractivity contribution in [1.29, 1.82) is 0 Å². The Bertz CT molecular complexity index is 338. The van der Waals surface area contributed by atoms with E-state index in [1.165, 1.54) is 6.92 Å². The van der Waals surface area contributed by atoms with Gasteiger partial charge in [-0.3, -0.25) is 4.79 Å². The van der Waals surface area contributed by atoms with Gasteiger partial charge in [-0.15, -0.1) is 0 Å². The second kappa shape index (κ2) is 5.73. The molecular weight excluding hydrogens is 216 g/mol. The number of carbonyl (C=O) groups is 1. The van der Waals surface area contributed by atoms with Gasteiger partial charge in [0.25, 0.3) is 0 Å². The number of hydrogen-bond acceptors (Lipinski definition) is 3. The molecule has 0 saturated carbocycles. The highest BCUT2D eigenvalue weighted by Gasteiger charge is 2.14. The molecule has 1 unspecified atom stereocenters. The standard InChI is InChI=1S/C11H13ClO3/c1-8(14)15-7-9(6-13)10-4-2-3-5-11(10)12/h2-5,9,13H,6-7H2,1H3. The van der Waals surface area contributed by atoms with Crippen molar-refractivity contribution < 1.29 is 14.6 Å². The Morgan fingerprint density at radius 3 is 2.73 bits per heavy atom. The number of ether oxygens (including phenoxy) is 1. The largest absolute Gasteiger partial charge is 0.465 e. The lowest BCUT2D eigenvalue weighted by Crippen LogP contribution is -2.14. The summed E-state index contributed by atoms with van der Waals surface area (Å²) in [6, 6.07) is 7.20. The fourth-order valence-corrected chi connectivity index (χ4v) is 1.55. The lowest BCUT2D eigenvalue weighted by atomic mass is 10.0. The molecule has 0 aliphatic heterocycles. The van der Waals surface area contributed by atoms with Gasteiger partial charge in [0.15, 0.2) is 0 Å². The first kappa shape index (κ1) is 12.0. The quantitative estimate of drug-likeness (QED) is 0.802. The van der Waals surface area contributed by atoms with Gasteiger partial charge >= 0.3 is 5.97 Å². The van der Waals surface area contributed by atoms with Crippen LogP contribution in [0.15, 0.2) is 24.3 Å². The molecule has 1 aromatic carbocycles. The third-order valence-corrected chi connectivity index (χ3v) is 2.40. The Labute approximate surface area is 93.6 Å². The Morgan fingerprint density at radius 2 is 2.20 bits per heavy atom. The van der Waals surface area contributed by atoms with Gasteiger partial charge in [0.05, 0.1) is 6.61 Å². The summed E-state index contributed by atoms with van der Waals surface area (Å²) in [4.78, 5) is 10.6. The maximum Gasteiger partial charge on any atom is 0.302 e. The normalized spacial score (nSPS) is 12.2. The molecule has 0 heterocycles. The minimum atomic E-state index is -0.361. The Kier molecular flexibility index (Phi) is 4.59. The molecule has 1 aromatic rings. The lowest BCUT2D eigenvalue weighted by Gasteiger charge is -2.15. The Morgan fingerprint density at radius 1 is 1.53 bits per heavy atom. The van der Waals surface area contributed by atoms with Crippen LogP contribution in [-0.2, 0) is 9.53 Å². The number of benzene rings is 1. The minimum Gasteiger partial charge on any atom is -0.465 e. The number of aliphatic hydroxyl groups is 1. The summed E-state index contributed by atoms with van der Waals surface area (Å²) in [5, 5.41) is 9.74. The first-order chi connectivity index (χ1) is 7.15. The van der Waals surface area contributed by atoms with E-state index in [2.05, 4.69) is 0 Å². The van der Waals surface area contributed by atoms with Crippen LogP contribution >= 0.6 is 11.6 Å². The van der Waals surface area contributed by atoms with Gasteiger partial charge in [-0.25, -0.2) is 0 Å².